The van der Waals surface area contributed by atoms with Crippen LogP contribution in [0.25, 0.3) is 0 Å². The number of carbonyl (C=O) groups is 7. The molecule has 18 heteroatoms. The molecule has 18 nitrogen and oxygen atoms in total. The Balaban J connectivity index is 3.12. The van der Waals surface area contributed by atoms with Crippen LogP contribution in [0.1, 0.15) is 58.3 Å². The molecule has 0 aromatic rings. The van der Waals surface area contributed by atoms with E-state index in [1.54, 1.807) is 0 Å². The molecule has 0 radical (unpaired) electrons. The zero-order valence-corrected chi connectivity index (χ0v) is 24.4. The highest BCUT2D eigenvalue weighted by Crippen LogP contribution is 2.18. The first-order valence-corrected chi connectivity index (χ1v) is 14.0. The van der Waals surface area contributed by atoms with Gasteiger partial charge in [-0.2, -0.15) is 0 Å². The maximum absolute atomic E-state index is 13.4. The van der Waals surface area contributed by atoms with Crippen molar-refractivity contribution in [1.29, 1.82) is 0 Å². The third kappa shape index (κ3) is 13.8. The van der Waals surface area contributed by atoms with Crippen LogP contribution in [0.2, 0.25) is 0 Å². The molecule has 7 amide bonds. The van der Waals surface area contributed by atoms with Gasteiger partial charge in [0.1, 0.15) is 24.2 Å². The molecule has 1 saturated heterocycles. The maximum Gasteiger partial charge on any atom is 0.243 e. The largest absolute Gasteiger partial charge is 0.370 e. The van der Waals surface area contributed by atoms with E-state index in [1.807, 2.05) is 0 Å². The molecule has 1 aliphatic rings. The third-order valence-electron chi connectivity index (χ3n) is 6.59. The molecule has 4 atom stereocenters. The van der Waals surface area contributed by atoms with E-state index in [0.717, 1.165) is 0 Å². The van der Waals surface area contributed by atoms with Crippen LogP contribution in [-0.2, 0) is 33.6 Å². The number of guanidine groups is 1. The number of primary amides is 2. The van der Waals surface area contributed by atoms with Gasteiger partial charge in [-0.25, -0.2) is 0 Å². The van der Waals surface area contributed by atoms with Gasteiger partial charge < -0.3 is 54.8 Å². The summed E-state index contributed by atoms with van der Waals surface area (Å²) >= 11 is 0. The summed E-state index contributed by atoms with van der Waals surface area (Å²) in [5.74, 6) is -5.14. The second-order valence-corrected chi connectivity index (χ2v) is 10.1. The number of likely N-dealkylation sites (tertiary alicyclic amines) is 1. The van der Waals surface area contributed by atoms with Crippen molar-refractivity contribution in [1.82, 2.24) is 26.2 Å². The zero-order valence-electron chi connectivity index (χ0n) is 24.4. The topological polar surface area (TPSA) is 313 Å². The summed E-state index contributed by atoms with van der Waals surface area (Å²) in [6.45, 7) is 1.75. The molecule has 43 heavy (non-hydrogen) atoms. The van der Waals surface area contributed by atoms with Gasteiger partial charge in [-0.15, -0.1) is 0 Å². The molecule has 1 fully saturated rings. The standard InChI is InChI=1S/C25H45N11O7/c1-14(37)36-11-5-8-18(36)24(43)34-16(7-4-10-31-25(29)30)22(41)35-17(12-19(27)38)23(42)33-15(6-2-3-9-26)21(40)32-13-20(28)39/h15-18H,2-13,26H2,1H3,(H2,27,38)(H2,28,39)(H,32,40)(H,33,42)(H,34,43)(H,35,41)(H4,29,30,31). The van der Waals surface area contributed by atoms with Gasteiger partial charge in [-0.3, -0.25) is 38.6 Å². The molecular formula is C25H45N11O7. The molecular weight excluding hydrogens is 566 g/mol. The van der Waals surface area contributed by atoms with E-state index in [1.165, 1.54) is 11.8 Å². The Morgan fingerprint density at radius 1 is 0.814 bits per heavy atom. The highest BCUT2D eigenvalue weighted by atomic mass is 16.2. The quantitative estimate of drug-likeness (QED) is 0.0381. The average Bonchev–Trinajstić information content (AvgIpc) is 3.42. The van der Waals surface area contributed by atoms with Crippen molar-refractivity contribution in [2.24, 2.45) is 33.7 Å². The minimum atomic E-state index is -1.51. The van der Waals surface area contributed by atoms with Gasteiger partial charge >= 0.3 is 0 Å². The molecule has 0 aromatic heterocycles. The third-order valence-corrected chi connectivity index (χ3v) is 6.59. The summed E-state index contributed by atoms with van der Waals surface area (Å²) in [7, 11) is 0. The summed E-state index contributed by atoms with van der Waals surface area (Å²) in [5.41, 5.74) is 26.6. The van der Waals surface area contributed by atoms with Crippen LogP contribution in [0.5, 0.6) is 0 Å². The van der Waals surface area contributed by atoms with Crippen LogP contribution >= 0.6 is 0 Å². The van der Waals surface area contributed by atoms with Crippen LogP contribution in [0.3, 0.4) is 0 Å². The first-order valence-electron chi connectivity index (χ1n) is 14.0. The molecule has 0 bridgehead atoms. The molecule has 0 spiro atoms. The van der Waals surface area contributed by atoms with Gasteiger partial charge in [0.25, 0.3) is 0 Å². The van der Waals surface area contributed by atoms with Crippen molar-refractivity contribution >= 4 is 47.3 Å². The van der Waals surface area contributed by atoms with Gasteiger partial charge in [-0.05, 0) is 51.5 Å². The number of nitrogens with zero attached hydrogens (tertiary/aromatic N) is 2. The van der Waals surface area contributed by atoms with E-state index in [0.29, 0.717) is 38.8 Å². The predicted molar refractivity (Wildman–Crippen MR) is 155 cm³/mol. The second kappa shape index (κ2) is 18.9. The minimum Gasteiger partial charge on any atom is -0.370 e. The summed E-state index contributed by atoms with van der Waals surface area (Å²) in [6, 6.07) is -4.62. The molecule has 14 N–H and O–H groups in total. The SMILES string of the molecule is CC(=O)N1CCCC1C(=O)NC(CCCN=C(N)N)C(=O)NC(CC(N)=O)C(=O)NC(CCCCN)C(=O)NCC(N)=O. The summed E-state index contributed by atoms with van der Waals surface area (Å²) in [4.78, 5) is 92.4. The fraction of sp³-hybridized carbons (Fsp3) is 0.680. The van der Waals surface area contributed by atoms with Gasteiger partial charge in [0.2, 0.25) is 41.4 Å². The highest BCUT2D eigenvalue weighted by Gasteiger charge is 2.35. The molecule has 242 valence electrons. The minimum absolute atomic E-state index is 0.0449. The van der Waals surface area contributed by atoms with Crippen LogP contribution in [0.4, 0.5) is 0 Å². The smallest absolute Gasteiger partial charge is 0.243 e. The van der Waals surface area contributed by atoms with Gasteiger partial charge in [0.15, 0.2) is 5.96 Å². The Morgan fingerprint density at radius 2 is 1.42 bits per heavy atom. The molecule has 0 aromatic carbocycles. The van der Waals surface area contributed by atoms with E-state index in [4.69, 9.17) is 28.7 Å². The maximum atomic E-state index is 13.4. The number of hydrogen-bond donors (Lipinski definition) is 9. The van der Waals surface area contributed by atoms with Gasteiger partial charge in [0.05, 0.1) is 13.0 Å². The Morgan fingerprint density at radius 3 is 2.00 bits per heavy atom. The summed E-state index contributed by atoms with van der Waals surface area (Å²) in [6.07, 6.45) is 1.83. The molecule has 1 aliphatic heterocycles. The van der Waals surface area contributed by atoms with Crippen molar-refractivity contribution in [3.05, 3.63) is 0 Å². The van der Waals surface area contributed by atoms with Crippen molar-refractivity contribution in [2.45, 2.75) is 82.5 Å². The Labute approximate surface area is 249 Å². The summed E-state index contributed by atoms with van der Waals surface area (Å²) < 4.78 is 0. The lowest BCUT2D eigenvalue weighted by Crippen LogP contribution is -2.58. The number of aliphatic imine (C=N–C) groups is 1. The second-order valence-electron chi connectivity index (χ2n) is 10.1. The van der Waals surface area contributed by atoms with Crippen molar-refractivity contribution in [3.63, 3.8) is 0 Å². The lowest BCUT2D eigenvalue weighted by Gasteiger charge is -2.27. The first-order chi connectivity index (χ1) is 20.3. The normalized spacial score (nSPS) is 16.2. The van der Waals surface area contributed by atoms with Crippen LogP contribution in [0, 0.1) is 0 Å². The lowest BCUT2D eigenvalue weighted by molar-refractivity contribution is -0.138. The molecule has 1 rings (SSSR count). The van der Waals surface area contributed by atoms with E-state index in [9.17, 15) is 33.6 Å². The number of nitrogens with two attached hydrogens (primary N) is 5. The molecule has 4 unspecified atom stereocenters. The number of hydrogen-bond acceptors (Lipinski definition) is 9. The summed E-state index contributed by atoms with van der Waals surface area (Å²) in [5, 5.41) is 9.84. The zero-order chi connectivity index (χ0) is 32.5. The van der Waals surface area contributed by atoms with E-state index in [2.05, 4.69) is 26.3 Å². The van der Waals surface area contributed by atoms with E-state index >= 15 is 0 Å². The number of nitrogens with one attached hydrogen (secondary N) is 4. The number of rotatable bonds is 19. The average molecular weight is 612 g/mol. The number of amides is 7. The number of unbranched alkanes of at least 4 members (excludes halogenated alkanes) is 1. The molecule has 0 aliphatic carbocycles. The van der Waals surface area contributed by atoms with Crippen molar-refractivity contribution in [2.75, 3.05) is 26.2 Å². The molecule has 1 heterocycles. The van der Waals surface area contributed by atoms with Crippen LogP contribution in [-0.4, -0.2) is 103 Å². The number of carbonyl (C=O) groups excluding carboxylic acids is 7. The fourth-order valence-corrected chi connectivity index (χ4v) is 4.47. The Hall–Kier alpha value is -4.48. The monoisotopic (exact) mass is 611 g/mol. The van der Waals surface area contributed by atoms with Crippen molar-refractivity contribution in [3.8, 4) is 0 Å². The van der Waals surface area contributed by atoms with Crippen molar-refractivity contribution < 1.29 is 33.6 Å². The Bertz CT molecular complexity index is 1050. The van der Waals surface area contributed by atoms with E-state index < -0.39 is 72.6 Å². The molecule has 0 saturated carbocycles. The highest BCUT2D eigenvalue weighted by molar-refractivity contribution is 5.97. The Kier molecular flexibility index (Phi) is 16.0. The van der Waals surface area contributed by atoms with Crippen LogP contribution < -0.4 is 49.9 Å². The first kappa shape index (κ1) is 36.5. The van der Waals surface area contributed by atoms with Gasteiger partial charge in [-0.1, -0.05) is 0 Å². The fourth-order valence-electron chi connectivity index (χ4n) is 4.47. The van der Waals surface area contributed by atoms with Crippen LogP contribution in [0.15, 0.2) is 4.99 Å². The van der Waals surface area contributed by atoms with E-state index in [-0.39, 0.29) is 37.7 Å². The predicted octanol–water partition coefficient (Wildman–Crippen LogP) is -4.89. The van der Waals surface area contributed by atoms with Gasteiger partial charge in [0, 0.05) is 20.0 Å². The lowest BCUT2D eigenvalue weighted by atomic mass is 10.1.